The number of nitrogens with zero attached hydrogens (tertiary/aromatic N) is 2. The number of esters is 1. The van der Waals surface area contributed by atoms with Crippen LogP contribution in [0.5, 0.6) is 0 Å². The maximum atomic E-state index is 12.9. The second-order valence-corrected chi connectivity index (χ2v) is 11.1. The Morgan fingerprint density at radius 1 is 1.22 bits per heavy atom. The van der Waals surface area contributed by atoms with Crippen LogP contribution in [0.4, 0.5) is 0 Å². The number of nitrogens with one attached hydrogen (secondary N) is 1. The van der Waals surface area contributed by atoms with E-state index in [1.54, 1.807) is 4.90 Å². The van der Waals surface area contributed by atoms with E-state index < -0.39 is 18.0 Å². The molecule has 0 bridgehead atoms. The lowest BCUT2D eigenvalue weighted by Gasteiger charge is -2.42. The number of ether oxygens (including phenoxy) is 2. The van der Waals surface area contributed by atoms with Gasteiger partial charge in [-0.1, -0.05) is 46.3 Å². The number of hydrogen-bond donors (Lipinski definition) is 2. The molecule has 7 nitrogen and oxygen atoms in total. The predicted molar refractivity (Wildman–Crippen MR) is 143 cm³/mol. The summed E-state index contributed by atoms with van der Waals surface area (Å²) in [5.41, 5.74) is 4.21. The average molecular weight is 566 g/mol. The molecule has 1 unspecified atom stereocenters. The largest absolute Gasteiger partial charge is 0.469 e. The normalized spacial score (nSPS) is 26.1. The van der Waals surface area contributed by atoms with E-state index in [0.717, 1.165) is 38.6 Å². The van der Waals surface area contributed by atoms with Crippen LogP contribution in [0.1, 0.15) is 42.2 Å². The number of methoxy groups -OCH3 is 1. The highest BCUT2D eigenvalue weighted by Gasteiger charge is 2.46. The Balaban J connectivity index is 1.58. The van der Waals surface area contributed by atoms with Crippen LogP contribution in [0.3, 0.4) is 0 Å². The van der Waals surface area contributed by atoms with Crippen molar-refractivity contribution in [3.8, 4) is 6.19 Å². The molecule has 2 aliphatic rings. The molecule has 8 heteroatoms. The molecule has 0 saturated heterocycles. The zero-order valence-electron chi connectivity index (χ0n) is 20.9. The molecule has 2 heterocycles. The summed E-state index contributed by atoms with van der Waals surface area (Å²) >= 11 is 3.49. The molecule has 1 aromatic heterocycles. The minimum absolute atomic E-state index is 0.0665. The zero-order chi connectivity index (χ0) is 25.9. The standard InChI is InChI=1S/C29H32BrN3O4/c1-36-29(35)27-23-14-26(37-16-18-6-9-20(30)10-7-18)28-22(21-4-2-3-5-24(21)32-28)12-13-33(17-31)15-19(23)8-11-25(27)34/h2-7,9-10,19,23,25-27,32,34H,8,11-16H2,1H3/t19-,23?,25-,26-,27+/m0/s1. The molecule has 0 amide bonds. The number of aromatic amines is 1. The fourth-order valence-electron chi connectivity index (χ4n) is 6.16. The zero-order valence-corrected chi connectivity index (χ0v) is 22.5. The van der Waals surface area contributed by atoms with Crippen molar-refractivity contribution in [1.29, 1.82) is 5.26 Å². The molecule has 0 radical (unpaired) electrons. The van der Waals surface area contributed by atoms with Crippen molar-refractivity contribution in [2.24, 2.45) is 17.8 Å². The second-order valence-electron chi connectivity index (χ2n) is 10.1. The number of carbonyl (C=O) groups is 1. The number of fused-ring (bicyclic) bond motifs is 4. The van der Waals surface area contributed by atoms with Gasteiger partial charge >= 0.3 is 5.97 Å². The molecule has 0 spiro atoms. The monoisotopic (exact) mass is 565 g/mol. The van der Waals surface area contributed by atoms with Crippen molar-refractivity contribution in [3.05, 3.63) is 69.8 Å². The number of aliphatic hydroxyl groups is 1. The number of para-hydroxylation sites is 1. The van der Waals surface area contributed by atoms with Crippen LogP contribution in [0.25, 0.3) is 10.9 Å². The van der Waals surface area contributed by atoms with E-state index in [2.05, 4.69) is 39.2 Å². The van der Waals surface area contributed by atoms with Gasteiger partial charge in [-0.2, -0.15) is 5.26 Å². The Bertz CT molecular complexity index is 1280. The molecule has 1 saturated carbocycles. The topological polar surface area (TPSA) is 98.6 Å². The van der Waals surface area contributed by atoms with Gasteiger partial charge in [-0.05, 0) is 66.8 Å². The Kier molecular flexibility index (Phi) is 7.84. The van der Waals surface area contributed by atoms with Crippen LogP contribution in [-0.2, 0) is 27.3 Å². The van der Waals surface area contributed by atoms with Crippen LogP contribution >= 0.6 is 15.9 Å². The number of rotatable bonds is 4. The molecule has 2 N–H and O–H groups in total. The first-order valence-electron chi connectivity index (χ1n) is 12.8. The number of nitriles is 1. The van der Waals surface area contributed by atoms with Crippen LogP contribution in [0, 0.1) is 29.2 Å². The maximum Gasteiger partial charge on any atom is 0.311 e. The third kappa shape index (κ3) is 5.40. The summed E-state index contributed by atoms with van der Waals surface area (Å²) in [5, 5.41) is 22.0. The first kappa shape index (κ1) is 25.8. The van der Waals surface area contributed by atoms with Crippen LogP contribution in [0.2, 0.25) is 0 Å². The summed E-state index contributed by atoms with van der Waals surface area (Å²) in [6, 6.07) is 16.2. The lowest BCUT2D eigenvalue weighted by atomic mass is 9.67. The molecular formula is C29H32BrN3O4. The summed E-state index contributed by atoms with van der Waals surface area (Å²) in [4.78, 5) is 18.3. The quantitative estimate of drug-likeness (QED) is 0.337. The smallest absolute Gasteiger partial charge is 0.311 e. The third-order valence-corrected chi connectivity index (χ3v) is 8.56. The van der Waals surface area contributed by atoms with Crippen LogP contribution < -0.4 is 0 Å². The average Bonchev–Trinajstić information content (AvgIpc) is 3.29. The second kappa shape index (κ2) is 11.3. The third-order valence-electron chi connectivity index (χ3n) is 8.04. The number of hydrogen-bond acceptors (Lipinski definition) is 6. The maximum absolute atomic E-state index is 12.9. The molecular weight excluding hydrogens is 534 g/mol. The van der Waals surface area contributed by atoms with Crippen LogP contribution in [0.15, 0.2) is 53.0 Å². The number of halogens is 1. The van der Waals surface area contributed by atoms with Gasteiger partial charge in [0.25, 0.3) is 0 Å². The molecule has 3 aromatic rings. The molecule has 5 atom stereocenters. The number of benzene rings is 2. The van der Waals surface area contributed by atoms with Gasteiger partial charge in [-0.25, -0.2) is 0 Å². The van der Waals surface area contributed by atoms with E-state index in [9.17, 15) is 15.2 Å². The van der Waals surface area contributed by atoms with Crippen molar-refractivity contribution in [2.45, 2.75) is 44.5 Å². The van der Waals surface area contributed by atoms with Gasteiger partial charge in [0.05, 0.1) is 31.8 Å². The van der Waals surface area contributed by atoms with Gasteiger partial charge < -0.3 is 24.5 Å². The predicted octanol–water partition coefficient (Wildman–Crippen LogP) is 5.09. The van der Waals surface area contributed by atoms with Gasteiger partial charge in [0.15, 0.2) is 6.19 Å². The Labute approximate surface area is 225 Å². The van der Waals surface area contributed by atoms with E-state index in [-0.39, 0.29) is 17.9 Å². The van der Waals surface area contributed by atoms with Gasteiger partial charge in [-0.15, -0.1) is 0 Å². The van der Waals surface area contributed by atoms with Crippen molar-refractivity contribution < 1.29 is 19.4 Å². The molecule has 5 rings (SSSR count). The summed E-state index contributed by atoms with van der Waals surface area (Å²) in [6.45, 7) is 1.55. The number of carbonyl (C=O) groups excluding carboxylic acids is 1. The van der Waals surface area contributed by atoms with Crippen molar-refractivity contribution in [2.75, 3.05) is 20.2 Å². The van der Waals surface area contributed by atoms with Crippen molar-refractivity contribution >= 4 is 32.8 Å². The lowest BCUT2D eigenvalue weighted by Crippen LogP contribution is -2.47. The van der Waals surface area contributed by atoms with Gasteiger partial charge in [-0.3, -0.25) is 4.79 Å². The minimum atomic E-state index is -0.776. The molecule has 1 fully saturated rings. The van der Waals surface area contributed by atoms with Gasteiger partial charge in [0, 0.05) is 34.2 Å². The fraction of sp³-hybridized carbons (Fsp3) is 0.448. The fourth-order valence-corrected chi connectivity index (χ4v) is 6.43. The summed E-state index contributed by atoms with van der Waals surface area (Å²) < 4.78 is 12.8. The van der Waals surface area contributed by atoms with Crippen LogP contribution in [-0.4, -0.2) is 47.3 Å². The van der Waals surface area contributed by atoms with E-state index >= 15 is 0 Å². The highest BCUT2D eigenvalue weighted by molar-refractivity contribution is 9.10. The number of aromatic nitrogens is 1. The Morgan fingerprint density at radius 2 is 2.00 bits per heavy atom. The highest BCUT2D eigenvalue weighted by Crippen LogP contribution is 2.44. The Morgan fingerprint density at radius 3 is 2.76 bits per heavy atom. The first-order chi connectivity index (χ1) is 18.0. The van der Waals surface area contributed by atoms with E-state index in [0.29, 0.717) is 39.0 Å². The van der Waals surface area contributed by atoms with E-state index in [1.807, 2.05) is 36.4 Å². The molecule has 1 aliphatic carbocycles. The SMILES string of the molecule is COC(=O)[C@@H]1C2C[C@H](OCc3ccc(Br)cc3)c3[nH]c4ccccc4c3CCN(C#N)C[C@@H]2CC[C@@H]1O. The lowest BCUT2D eigenvalue weighted by molar-refractivity contribution is -0.158. The number of aliphatic hydroxyl groups excluding tert-OH is 1. The van der Waals surface area contributed by atoms with Crippen molar-refractivity contribution in [1.82, 2.24) is 9.88 Å². The first-order valence-corrected chi connectivity index (χ1v) is 13.6. The van der Waals surface area contributed by atoms with E-state index in [4.69, 9.17) is 9.47 Å². The Hall–Kier alpha value is -2.86. The molecule has 37 heavy (non-hydrogen) atoms. The molecule has 2 aromatic carbocycles. The number of H-pyrrole nitrogens is 1. The molecule has 1 aliphatic heterocycles. The minimum Gasteiger partial charge on any atom is -0.469 e. The van der Waals surface area contributed by atoms with Crippen molar-refractivity contribution in [3.63, 3.8) is 0 Å². The van der Waals surface area contributed by atoms with Gasteiger partial charge in [0.2, 0.25) is 0 Å². The molecule has 194 valence electrons. The summed E-state index contributed by atoms with van der Waals surface area (Å²) in [7, 11) is 1.37. The summed E-state index contributed by atoms with van der Waals surface area (Å²) in [5.74, 6) is -1.18. The van der Waals surface area contributed by atoms with E-state index in [1.165, 1.54) is 7.11 Å². The summed E-state index contributed by atoms with van der Waals surface area (Å²) in [6.07, 6.45) is 3.79. The van der Waals surface area contributed by atoms with Gasteiger partial charge in [0.1, 0.15) is 0 Å². The highest BCUT2D eigenvalue weighted by atomic mass is 79.9.